The van der Waals surface area contributed by atoms with Crippen LogP contribution in [0, 0.1) is 10.7 Å². The van der Waals surface area contributed by atoms with Crippen molar-refractivity contribution in [3.63, 3.8) is 0 Å². The van der Waals surface area contributed by atoms with Gasteiger partial charge in [-0.05, 0) is 47.6 Å². The lowest BCUT2D eigenvalue weighted by Crippen LogP contribution is -2.18. The first-order chi connectivity index (χ1) is 8.65. The molecule has 2 aromatic rings. The van der Waals surface area contributed by atoms with Gasteiger partial charge in [0.15, 0.2) is 10.4 Å². The van der Waals surface area contributed by atoms with Crippen molar-refractivity contribution < 1.29 is 4.74 Å². The van der Waals surface area contributed by atoms with E-state index in [0.29, 0.717) is 12.0 Å². The predicted octanol–water partition coefficient (Wildman–Crippen LogP) is 3.28. The first kappa shape index (κ1) is 12.3. The van der Waals surface area contributed by atoms with Crippen LogP contribution in [0.25, 0.3) is 11.2 Å². The van der Waals surface area contributed by atoms with E-state index in [1.54, 1.807) is 6.20 Å². The number of H-pyrrole nitrogens is 1. The number of aromatic nitrogens is 3. The summed E-state index contributed by atoms with van der Waals surface area (Å²) in [7, 11) is 0. The number of aromatic amines is 1. The summed E-state index contributed by atoms with van der Waals surface area (Å²) in [6, 6.07) is 2.00. The fourth-order valence-corrected chi connectivity index (χ4v) is 3.04. The van der Waals surface area contributed by atoms with E-state index in [1.807, 2.05) is 6.07 Å². The van der Waals surface area contributed by atoms with Crippen molar-refractivity contribution >= 4 is 39.3 Å². The zero-order chi connectivity index (χ0) is 12.7. The fraction of sp³-hybridized carbons (Fsp3) is 0.500. The van der Waals surface area contributed by atoms with E-state index >= 15 is 0 Å². The van der Waals surface area contributed by atoms with Crippen LogP contribution in [0.1, 0.15) is 13.3 Å². The van der Waals surface area contributed by atoms with E-state index in [-0.39, 0.29) is 0 Å². The van der Waals surface area contributed by atoms with Crippen molar-refractivity contribution in [3.8, 4) is 0 Å². The molecular formula is C12H14BrN3OS. The summed E-state index contributed by atoms with van der Waals surface area (Å²) in [5, 5.41) is 0. The van der Waals surface area contributed by atoms with Gasteiger partial charge >= 0.3 is 0 Å². The van der Waals surface area contributed by atoms with Gasteiger partial charge in [0.05, 0.1) is 11.6 Å². The second-order valence-corrected chi connectivity index (χ2v) is 5.99. The van der Waals surface area contributed by atoms with Crippen molar-refractivity contribution in [1.82, 2.24) is 14.5 Å². The Hall–Kier alpha value is -0.720. The third-order valence-corrected chi connectivity index (χ3v) is 4.28. The van der Waals surface area contributed by atoms with Gasteiger partial charge in [-0.25, -0.2) is 4.98 Å². The van der Waals surface area contributed by atoms with Gasteiger partial charge in [-0.2, -0.15) is 0 Å². The normalized spacial score (nSPS) is 23.9. The molecule has 96 valence electrons. The number of fused-ring (bicyclic) bond motifs is 1. The molecule has 0 aromatic carbocycles. The van der Waals surface area contributed by atoms with Gasteiger partial charge in [0.1, 0.15) is 0 Å². The van der Waals surface area contributed by atoms with E-state index in [0.717, 1.165) is 40.0 Å². The number of hydrogen-bond donors (Lipinski definition) is 1. The Labute approximate surface area is 118 Å². The summed E-state index contributed by atoms with van der Waals surface area (Å²) in [4.78, 5) is 7.65. The minimum absolute atomic E-state index is 0.298. The number of pyridine rings is 1. The van der Waals surface area contributed by atoms with Gasteiger partial charge in [0, 0.05) is 29.7 Å². The molecule has 0 saturated carbocycles. The molecule has 0 amide bonds. The van der Waals surface area contributed by atoms with Crippen LogP contribution in [-0.2, 0) is 11.3 Å². The highest BCUT2D eigenvalue weighted by Crippen LogP contribution is 2.24. The zero-order valence-electron chi connectivity index (χ0n) is 10.0. The van der Waals surface area contributed by atoms with E-state index in [4.69, 9.17) is 17.0 Å². The maximum atomic E-state index is 5.60. The predicted molar refractivity (Wildman–Crippen MR) is 76.1 cm³/mol. The van der Waals surface area contributed by atoms with Crippen molar-refractivity contribution in [1.29, 1.82) is 0 Å². The minimum atomic E-state index is 0.298. The maximum absolute atomic E-state index is 5.60. The average Bonchev–Trinajstić information content (AvgIpc) is 2.85. The van der Waals surface area contributed by atoms with Gasteiger partial charge < -0.3 is 14.3 Å². The van der Waals surface area contributed by atoms with Crippen LogP contribution in [0.15, 0.2) is 16.7 Å². The molecule has 4 nitrogen and oxygen atoms in total. The molecule has 0 radical (unpaired) electrons. The third-order valence-electron chi connectivity index (χ3n) is 3.53. The summed E-state index contributed by atoms with van der Waals surface area (Å²) in [5.74, 6) is 0.515. The van der Waals surface area contributed by atoms with Crippen LogP contribution in [0.5, 0.6) is 0 Å². The van der Waals surface area contributed by atoms with Crippen molar-refractivity contribution in [3.05, 3.63) is 21.5 Å². The number of nitrogens with zero attached hydrogens (tertiary/aromatic N) is 2. The minimum Gasteiger partial charge on any atom is -0.378 e. The second kappa shape index (κ2) is 4.75. The Morgan fingerprint density at radius 3 is 3.22 bits per heavy atom. The molecule has 3 rings (SSSR count). The monoisotopic (exact) mass is 327 g/mol. The fourth-order valence-electron chi connectivity index (χ4n) is 2.44. The number of imidazole rings is 1. The summed E-state index contributed by atoms with van der Waals surface area (Å²) in [6.45, 7) is 3.84. The van der Waals surface area contributed by atoms with Gasteiger partial charge in [0.25, 0.3) is 0 Å². The molecule has 3 heterocycles. The Balaban J connectivity index is 2.01. The van der Waals surface area contributed by atoms with Crippen molar-refractivity contribution in [2.75, 3.05) is 6.61 Å². The molecule has 0 aliphatic carbocycles. The molecule has 2 atom stereocenters. The summed E-state index contributed by atoms with van der Waals surface area (Å²) in [5.41, 5.74) is 1.89. The zero-order valence-corrected chi connectivity index (χ0v) is 12.4. The molecule has 1 fully saturated rings. The highest BCUT2D eigenvalue weighted by atomic mass is 79.9. The van der Waals surface area contributed by atoms with E-state index in [1.165, 1.54) is 0 Å². The number of halogens is 1. The van der Waals surface area contributed by atoms with E-state index in [9.17, 15) is 0 Å². The number of rotatable bonds is 2. The van der Waals surface area contributed by atoms with E-state index < -0.39 is 0 Å². The molecule has 0 bridgehead atoms. The van der Waals surface area contributed by atoms with Gasteiger partial charge in [-0.1, -0.05) is 0 Å². The molecule has 2 aromatic heterocycles. The van der Waals surface area contributed by atoms with Crippen LogP contribution in [0.4, 0.5) is 0 Å². The Kier molecular flexibility index (Phi) is 3.25. The molecule has 1 aliphatic heterocycles. The molecule has 6 heteroatoms. The lowest BCUT2D eigenvalue weighted by Gasteiger charge is -2.14. The van der Waals surface area contributed by atoms with Crippen LogP contribution >= 0.6 is 28.1 Å². The maximum Gasteiger partial charge on any atom is 0.179 e. The molecule has 1 N–H and O–H groups in total. The molecular weight excluding hydrogens is 314 g/mol. The Bertz CT molecular complexity index is 636. The van der Waals surface area contributed by atoms with Crippen LogP contribution in [-0.4, -0.2) is 27.2 Å². The SMILES string of the molecule is CC1OCCC1Cn1c(=S)[nH]c2cc(Br)cnc21. The Morgan fingerprint density at radius 1 is 1.67 bits per heavy atom. The lowest BCUT2D eigenvalue weighted by molar-refractivity contribution is 0.102. The first-order valence-corrected chi connectivity index (χ1v) is 7.21. The van der Waals surface area contributed by atoms with Crippen molar-refractivity contribution in [2.24, 2.45) is 5.92 Å². The molecule has 18 heavy (non-hydrogen) atoms. The highest BCUT2D eigenvalue weighted by Gasteiger charge is 2.25. The van der Waals surface area contributed by atoms with E-state index in [2.05, 4.69) is 37.4 Å². The number of hydrogen-bond acceptors (Lipinski definition) is 3. The summed E-state index contributed by atoms with van der Waals surface area (Å²) < 4.78 is 9.36. The topological polar surface area (TPSA) is 42.8 Å². The molecule has 1 aliphatic rings. The van der Waals surface area contributed by atoms with Crippen LogP contribution in [0.3, 0.4) is 0 Å². The highest BCUT2D eigenvalue weighted by molar-refractivity contribution is 9.10. The lowest BCUT2D eigenvalue weighted by atomic mass is 10.0. The first-order valence-electron chi connectivity index (χ1n) is 6.01. The van der Waals surface area contributed by atoms with Crippen LogP contribution in [0.2, 0.25) is 0 Å². The standard InChI is InChI=1S/C12H14BrN3OS/c1-7-8(2-3-17-7)6-16-11-10(15-12(16)18)4-9(13)5-14-11/h4-5,7-8H,2-3,6H2,1H3,(H,15,18). The Morgan fingerprint density at radius 2 is 2.50 bits per heavy atom. The van der Waals surface area contributed by atoms with Crippen molar-refractivity contribution in [2.45, 2.75) is 26.0 Å². The third kappa shape index (κ3) is 2.13. The molecule has 1 saturated heterocycles. The smallest absolute Gasteiger partial charge is 0.179 e. The number of nitrogens with one attached hydrogen (secondary N) is 1. The van der Waals surface area contributed by atoms with Gasteiger partial charge in [-0.15, -0.1) is 0 Å². The average molecular weight is 328 g/mol. The number of ether oxygens (including phenoxy) is 1. The molecule has 2 unspecified atom stereocenters. The van der Waals surface area contributed by atoms with Gasteiger partial charge in [0.2, 0.25) is 0 Å². The largest absolute Gasteiger partial charge is 0.378 e. The second-order valence-electron chi connectivity index (χ2n) is 4.69. The summed E-state index contributed by atoms with van der Waals surface area (Å²) in [6.07, 6.45) is 3.19. The molecule has 0 spiro atoms. The van der Waals surface area contributed by atoms with Crippen LogP contribution < -0.4 is 0 Å². The van der Waals surface area contributed by atoms with Gasteiger partial charge in [-0.3, -0.25) is 0 Å². The summed E-state index contributed by atoms with van der Waals surface area (Å²) >= 11 is 8.80. The quantitative estimate of drug-likeness (QED) is 0.861.